The molecule has 0 spiro atoms. The summed E-state index contributed by atoms with van der Waals surface area (Å²) in [7, 11) is 0. The van der Waals surface area contributed by atoms with Crippen molar-refractivity contribution in [3.63, 3.8) is 0 Å². The standard InChI is InChI=1S/C20H32O2/c1-5-20(6-2,22-18(21)14(3)4)13-19-10-15-7-16(11-19)9-17(8-15)12-19/h15-17H,3,5-13H2,1-2,4H3. The Morgan fingerprint density at radius 2 is 1.55 bits per heavy atom. The molecule has 0 saturated heterocycles. The van der Waals surface area contributed by atoms with Crippen molar-refractivity contribution in [1.29, 1.82) is 0 Å². The van der Waals surface area contributed by atoms with E-state index in [9.17, 15) is 4.79 Å². The summed E-state index contributed by atoms with van der Waals surface area (Å²) in [6.07, 6.45) is 11.5. The number of carbonyl (C=O) groups excluding carboxylic acids is 1. The summed E-state index contributed by atoms with van der Waals surface area (Å²) < 4.78 is 6.00. The summed E-state index contributed by atoms with van der Waals surface area (Å²) in [5.74, 6) is 2.66. The number of carbonyl (C=O) groups is 1. The van der Waals surface area contributed by atoms with Crippen LogP contribution < -0.4 is 0 Å². The summed E-state index contributed by atoms with van der Waals surface area (Å²) in [5.41, 5.74) is 0.703. The van der Waals surface area contributed by atoms with E-state index in [0.29, 0.717) is 11.0 Å². The third-order valence-corrected chi connectivity index (χ3v) is 6.81. The van der Waals surface area contributed by atoms with Crippen molar-refractivity contribution in [2.24, 2.45) is 23.2 Å². The van der Waals surface area contributed by atoms with E-state index in [1.165, 1.54) is 38.5 Å². The Labute approximate surface area is 135 Å². The predicted molar refractivity (Wildman–Crippen MR) is 89.4 cm³/mol. The van der Waals surface area contributed by atoms with Crippen molar-refractivity contribution in [3.05, 3.63) is 12.2 Å². The van der Waals surface area contributed by atoms with Crippen LogP contribution >= 0.6 is 0 Å². The van der Waals surface area contributed by atoms with Gasteiger partial charge in [-0.25, -0.2) is 4.79 Å². The molecule has 0 heterocycles. The topological polar surface area (TPSA) is 26.3 Å². The van der Waals surface area contributed by atoms with Gasteiger partial charge in [-0.3, -0.25) is 0 Å². The Hall–Kier alpha value is -0.790. The fourth-order valence-electron chi connectivity index (χ4n) is 6.15. The molecule has 0 aromatic rings. The van der Waals surface area contributed by atoms with Crippen LogP contribution in [0.25, 0.3) is 0 Å². The summed E-state index contributed by atoms with van der Waals surface area (Å²) in [6.45, 7) is 9.87. The molecular formula is C20H32O2. The van der Waals surface area contributed by atoms with Crippen LogP contribution in [0, 0.1) is 23.2 Å². The Morgan fingerprint density at radius 3 is 1.91 bits per heavy atom. The highest BCUT2D eigenvalue weighted by Gasteiger charge is 2.53. The van der Waals surface area contributed by atoms with E-state index in [1.54, 1.807) is 6.92 Å². The van der Waals surface area contributed by atoms with Gasteiger partial charge in [-0.05, 0) is 87.9 Å². The Balaban J connectivity index is 1.78. The zero-order valence-electron chi connectivity index (χ0n) is 14.6. The summed E-state index contributed by atoms with van der Waals surface area (Å²) >= 11 is 0. The van der Waals surface area contributed by atoms with Crippen LogP contribution in [0.1, 0.15) is 78.6 Å². The fourth-order valence-corrected chi connectivity index (χ4v) is 6.15. The number of hydrogen-bond donors (Lipinski definition) is 0. The van der Waals surface area contributed by atoms with E-state index < -0.39 is 0 Å². The number of ether oxygens (including phenoxy) is 1. The van der Waals surface area contributed by atoms with E-state index in [-0.39, 0.29) is 11.6 Å². The van der Waals surface area contributed by atoms with Crippen molar-refractivity contribution in [2.75, 3.05) is 0 Å². The summed E-state index contributed by atoms with van der Waals surface area (Å²) in [5, 5.41) is 0. The smallest absolute Gasteiger partial charge is 0.333 e. The summed E-state index contributed by atoms with van der Waals surface area (Å²) in [4.78, 5) is 12.1. The van der Waals surface area contributed by atoms with Crippen LogP contribution in [0.3, 0.4) is 0 Å². The molecule has 4 fully saturated rings. The lowest BCUT2D eigenvalue weighted by Gasteiger charge is -2.58. The number of rotatable bonds is 6. The first kappa shape index (κ1) is 16.1. The average molecular weight is 304 g/mol. The number of hydrogen-bond acceptors (Lipinski definition) is 2. The van der Waals surface area contributed by atoms with Gasteiger partial charge in [0.15, 0.2) is 0 Å². The molecule has 0 N–H and O–H groups in total. The van der Waals surface area contributed by atoms with Crippen LogP contribution in [0.15, 0.2) is 12.2 Å². The first-order valence-electron chi connectivity index (χ1n) is 9.28. The molecule has 4 bridgehead atoms. The van der Waals surface area contributed by atoms with E-state index in [0.717, 1.165) is 37.0 Å². The third kappa shape index (κ3) is 2.86. The lowest BCUT2D eigenvalue weighted by Crippen LogP contribution is -2.50. The zero-order chi connectivity index (χ0) is 16.0. The van der Waals surface area contributed by atoms with Gasteiger partial charge in [0.25, 0.3) is 0 Å². The molecule has 4 aliphatic carbocycles. The molecule has 4 rings (SSSR count). The molecule has 0 unspecified atom stereocenters. The van der Waals surface area contributed by atoms with Gasteiger partial charge in [0.2, 0.25) is 0 Å². The van der Waals surface area contributed by atoms with Gasteiger partial charge in [0, 0.05) is 5.57 Å². The second-order valence-electron chi connectivity index (χ2n) is 8.65. The van der Waals surface area contributed by atoms with Crippen molar-refractivity contribution >= 4 is 5.97 Å². The molecule has 2 nitrogen and oxygen atoms in total. The highest BCUT2D eigenvalue weighted by molar-refractivity contribution is 5.87. The molecule has 0 amide bonds. The van der Waals surface area contributed by atoms with Crippen molar-refractivity contribution in [2.45, 2.75) is 84.2 Å². The Kier molecular flexibility index (Phi) is 4.16. The van der Waals surface area contributed by atoms with E-state index in [2.05, 4.69) is 20.4 Å². The van der Waals surface area contributed by atoms with Gasteiger partial charge in [0.1, 0.15) is 5.60 Å². The first-order valence-corrected chi connectivity index (χ1v) is 9.28. The van der Waals surface area contributed by atoms with Gasteiger partial charge in [0.05, 0.1) is 0 Å². The monoisotopic (exact) mass is 304 g/mol. The van der Waals surface area contributed by atoms with Crippen LogP contribution in [-0.4, -0.2) is 11.6 Å². The molecule has 124 valence electrons. The molecule has 0 aromatic heterocycles. The maximum Gasteiger partial charge on any atom is 0.333 e. The van der Waals surface area contributed by atoms with Crippen LogP contribution in [0.4, 0.5) is 0 Å². The van der Waals surface area contributed by atoms with Gasteiger partial charge in [-0.15, -0.1) is 0 Å². The van der Waals surface area contributed by atoms with Crippen LogP contribution in [-0.2, 0) is 9.53 Å². The molecule has 4 saturated carbocycles. The molecule has 2 heteroatoms. The lowest BCUT2D eigenvalue weighted by atomic mass is 9.47. The van der Waals surface area contributed by atoms with Crippen molar-refractivity contribution in [1.82, 2.24) is 0 Å². The molecule has 0 atom stereocenters. The molecule has 0 aromatic carbocycles. The van der Waals surface area contributed by atoms with Gasteiger partial charge >= 0.3 is 5.97 Å². The Bertz CT molecular complexity index is 423. The molecule has 22 heavy (non-hydrogen) atoms. The maximum atomic E-state index is 12.1. The Morgan fingerprint density at radius 1 is 1.09 bits per heavy atom. The quantitative estimate of drug-likeness (QED) is 0.493. The second-order valence-corrected chi connectivity index (χ2v) is 8.65. The highest BCUT2D eigenvalue weighted by Crippen LogP contribution is 2.63. The maximum absolute atomic E-state index is 12.1. The average Bonchev–Trinajstić information content (AvgIpc) is 2.44. The van der Waals surface area contributed by atoms with E-state index in [1.807, 2.05) is 0 Å². The van der Waals surface area contributed by atoms with Gasteiger partial charge < -0.3 is 4.74 Å². The molecule has 0 aliphatic heterocycles. The molecule has 4 aliphatic rings. The normalized spacial score (nSPS) is 36.4. The summed E-state index contributed by atoms with van der Waals surface area (Å²) in [6, 6.07) is 0. The second kappa shape index (κ2) is 5.69. The minimum Gasteiger partial charge on any atom is -0.456 e. The minimum absolute atomic E-state index is 0.201. The molecular weight excluding hydrogens is 272 g/mol. The SMILES string of the molecule is C=C(C)C(=O)OC(CC)(CC)CC12CC3CC(CC(C3)C1)C2. The van der Waals surface area contributed by atoms with Crippen LogP contribution in [0.5, 0.6) is 0 Å². The lowest BCUT2D eigenvalue weighted by molar-refractivity contribution is -0.167. The molecule has 0 radical (unpaired) electrons. The van der Waals surface area contributed by atoms with Gasteiger partial charge in [-0.2, -0.15) is 0 Å². The number of esters is 1. The minimum atomic E-state index is -0.276. The van der Waals surface area contributed by atoms with Gasteiger partial charge in [-0.1, -0.05) is 20.4 Å². The van der Waals surface area contributed by atoms with Crippen molar-refractivity contribution < 1.29 is 9.53 Å². The highest BCUT2D eigenvalue weighted by atomic mass is 16.6. The third-order valence-electron chi connectivity index (χ3n) is 6.81. The van der Waals surface area contributed by atoms with E-state index in [4.69, 9.17) is 4.74 Å². The first-order chi connectivity index (χ1) is 10.4. The van der Waals surface area contributed by atoms with Crippen molar-refractivity contribution in [3.8, 4) is 0 Å². The van der Waals surface area contributed by atoms with E-state index >= 15 is 0 Å². The van der Waals surface area contributed by atoms with Crippen LogP contribution in [0.2, 0.25) is 0 Å². The predicted octanol–water partition coefficient (Wildman–Crippen LogP) is 5.27. The largest absolute Gasteiger partial charge is 0.456 e. The fraction of sp³-hybridized carbons (Fsp3) is 0.850. The zero-order valence-corrected chi connectivity index (χ0v) is 14.6.